The number of amides is 2. The average Bonchev–Trinajstić information content (AvgIpc) is 3.13. The third-order valence-electron chi connectivity index (χ3n) is 5.17. The second-order valence-corrected chi connectivity index (χ2v) is 7.54. The number of carbonyl (C=O) groups excluding carboxylic acids is 2. The molecule has 1 saturated heterocycles. The van der Waals surface area contributed by atoms with Crippen LogP contribution in [0.5, 0.6) is 0 Å². The van der Waals surface area contributed by atoms with Crippen LogP contribution in [0.2, 0.25) is 5.02 Å². The molecule has 1 aromatic rings. The van der Waals surface area contributed by atoms with Crippen molar-refractivity contribution in [2.24, 2.45) is 5.92 Å². The van der Waals surface area contributed by atoms with Crippen molar-refractivity contribution in [1.82, 2.24) is 21.5 Å². The number of hydrogen-bond donors (Lipinski definition) is 4. The highest BCUT2D eigenvalue weighted by Crippen LogP contribution is 2.26. The van der Waals surface area contributed by atoms with Crippen LogP contribution in [0, 0.1) is 5.92 Å². The van der Waals surface area contributed by atoms with E-state index in [1.807, 2.05) is 24.3 Å². The molecule has 0 radical (unpaired) electrons. The Kier molecular flexibility index (Phi) is 6.88. The van der Waals surface area contributed by atoms with Crippen LogP contribution in [0.15, 0.2) is 24.3 Å². The van der Waals surface area contributed by atoms with Crippen molar-refractivity contribution < 1.29 is 9.59 Å². The second-order valence-electron chi connectivity index (χ2n) is 7.10. The van der Waals surface area contributed by atoms with Crippen molar-refractivity contribution in [3.8, 4) is 0 Å². The van der Waals surface area contributed by atoms with Crippen molar-refractivity contribution in [1.29, 1.82) is 0 Å². The Morgan fingerprint density at radius 1 is 1.12 bits per heavy atom. The third-order valence-corrected chi connectivity index (χ3v) is 5.42. The molecule has 1 saturated carbocycles. The van der Waals surface area contributed by atoms with Gasteiger partial charge in [0.15, 0.2) is 0 Å². The average molecular weight is 379 g/mol. The molecular formula is C19H27ClN4O2. The molecule has 142 valence electrons. The van der Waals surface area contributed by atoms with Crippen molar-refractivity contribution in [2.45, 2.75) is 50.6 Å². The van der Waals surface area contributed by atoms with E-state index in [9.17, 15) is 9.59 Å². The van der Waals surface area contributed by atoms with E-state index in [1.165, 1.54) is 19.3 Å². The summed E-state index contributed by atoms with van der Waals surface area (Å²) in [5.41, 5.74) is 7.20. The van der Waals surface area contributed by atoms with Crippen LogP contribution in [0.4, 0.5) is 0 Å². The largest absolute Gasteiger partial charge is 0.355 e. The minimum Gasteiger partial charge on any atom is -0.355 e. The number of carbonyl (C=O) groups is 2. The Morgan fingerprint density at radius 3 is 2.58 bits per heavy atom. The monoisotopic (exact) mass is 378 g/mol. The second kappa shape index (κ2) is 9.35. The summed E-state index contributed by atoms with van der Waals surface area (Å²) in [5.74, 6) is -0.250. The van der Waals surface area contributed by atoms with Gasteiger partial charge in [0.2, 0.25) is 11.8 Å². The van der Waals surface area contributed by atoms with E-state index in [0.717, 1.165) is 18.4 Å². The van der Waals surface area contributed by atoms with Gasteiger partial charge in [-0.1, -0.05) is 43.0 Å². The van der Waals surface area contributed by atoms with Gasteiger partial charge in [-0.3, -0.25) is 15.0 Å². The summed E-state index contributed by atoms with van der Waals surface area (Å²) in [6.45, 7) is 0.911. The summed E-state index contributed by atoms with van der Waals surface area (Å²) >= 11 is 5.93. The Hall–Kier alpha value is -1.63. The lowest BCUT2D eigenvalue weighted by molar-refractivity contribution is -0.125. The molecule has 1 aromatic carbocycles. The highest BCUT2D eigenvalue weighted by Gasteiger charge is 2.33. The van der Waals surface area contributed by atoms with Gasteiger partial charge in [0.25, 0.3) is 0 Å². The molecule has 2 atom stereocenters. The molecule has 2 amide bonds. The van der Waals surface area contributed by atoms with Crippen LogP contribution >= 0.6 is 11.6 Å². The highest BCUT2D eigenvalue weighted by molar-refractivity contribution is 6.30. The van der Waals surface area contributed by atoms with Gasteiger partial charge in [0.05, 0.1) is 12.0 Å². The van der Waals surface area contributed by atoms with Crippen molar-refractivity contribution in [3.63, 3.8) is 0 Å². The fourth-order valence-corrected chi connectivity index (χ4v) is 3.83. The Labute approximate surface area is 159 Å². The summed E-state index contributed by atoms with van der Waals surface area (Å²) in [6, 6.07) is 7.69. The maximum absolute atomic E-state index is 12.5. The Morgan fingerprint density at radius 2 is 1.85 bits per heavy atom. The third kappa shape index (κ3) is 5.19. The van der Waals surface area contributed by atoms with E-state index in [-0.39, 0.29) is 23.8 Å². The predicted octanol–water partition coefficient (Wildman–Crippen LogP) is 2.06. The summed E-state index contributed by atoms with van der Waals surface area (Å²) < 4.78 is 0. The zero-order valence-electron chi connectivity index (χ0n) is 14.9. The molecule has 1 heterocycles. The van der Waals surface area contributed by atoms with E-state index in [4.69, 9.17) is 11.6 Å². The summed E-state index contributed by atoms with van der Waals surface area (Å²) in [4.78, 5) is 24.6. The molecule has 26 heavy (non-hydrogen) atoms. The lowest BCUT2D eigenvalue weighted by Gasteiger charge is -2.23. The van der Waals surface area contributed by atoms with Crippen molar-refractivity contribution >= 4 is 23.4 Å². The van der Waals surface area contributed by atoms with Crippen LogP contribution < -0.4 is 21.5 Å². The van der Waals surface area contributed by atoms with Crippen molar-refractivity contribution in [2.75, 3.05) is 13.1 Å². The first-order valence-corrected chi connectivity index (χ1v) is 9.82. The summed E-state index contributed by atoms with van der Waals surface area (Å²) in [5, 5.41) is 6.64. The standard InChI is InChI=1S/C19H27ClN4O2/c20-14-8-6-13(7-9-14)18-16(12-22-24-18)19(26)21-11-10-17(25)23-15-4-2-1-3-5-15/h6-9,15-16,18,22,24H,1-5,10-12H2,(H,21,26)(H,23,25). The molecule has 3 rings (SSSR count). The smallest absolute Gasteiger partial charge is 0.226 e. The number of rotatable bonds is 6. The van der Waals surface area contributed by atoms with Gasteiger partial charge >= 0.3 is 0 Å². The highest BCUT2D eigenvalue weighted by atomic mass is 35.5. The lowest BCUT2D eigenvalue weighted by atomic mass is 9.94. The normalized spacial score (nSPS) is 23.6. The van der Waals surface area contributed by atoms with Gasteiger partial charge < -0.3 is 10.6 Å². The molecule has 7 heteroatoms. The van der Waals surface area contributed by atoms with E-state index in [1.54, 1.807) is 0 Å². The number of hydrogen-bond acceptors (Lipinski definition) is 4. The first kappa shape index (κ1) is 19.1. The van der Waals surface area contributed by atoms with Crippen LogP contribution in [-0.2, 0) is 9.59 Å². The lowest BCUT2D eigenvalue weighted by Crippen LogP contribution is -2.40. The zero-order chi connectivity index (χ0) is 18.4. The van der Waals surface area contributed by atoms with Crippen LogP contribution in [0.25, 0.3) is 0 Å². The minimum absolute atomic E-state index is 0.0223. The summed E-state index contributed by atoms with van der Waals surface area (Å²) in [7, 11) is 0. The quantitative estimate of drug-likeness (QED) is 0.610. The molecule has 0 aromatic heterocycles. The van der Waals surface area contributed by atoms with Crippen LogP contribution in [-0.4, -0.2) is 30.9 Å². The molecule has 0 bridgehead atoms. The van der Waals surface area contributed by atoms with Crippen LogP contribution in [0.1, 0.15) is 50.1 Å². The molecule has 4 N–H and O–H groups in total. The topological polar surface area (TPSA) is 82.3 Å². The Balaban J connectivity index is 1.43. The van der Waals surface area contributed by atoms with Gasteiger partial charge in [-0.15, -0.1) is 0 Å². The van der Waals surface area contributed by atoms with Gasteiger partial charge in [0.1, 0.15) is 0 Å². The number of hydrazine groups is 1. The molecule has 2 unspecified atom stereocenters. The SMILES string of the molecule is O=C(CCNC(=O)C1CNNC1c1ccc(Cl)cc1)NC1CCCCC1. The number of benzene rings is 1. The first-order valence-electron chi connectivity index (χ1n) is 9.44. The van der Waals surface area contributed by atoms with E-state index < -0.39 is 0 Å². The van der Waals surface area contributed by atoms with E-state index in [2.05, 4.69) is 21.5 Å². The molecule has 2 aliphatic rings. The van der Waals surface area contributed by atoms with E-state index in [0.29, 0.717) is 30.6 Å². The molecular weight excluding hydrogens is 352 g/mol. The first-order chi connectivity index (χ1) is 12.6. The van der Waals surface area contributed by atoms with Crippen LogP contribution in [0.3, 0.4) is 0 Å². The van der Waals surface area contributed by atoms with Gasteiger partial charge in [0, 0.05) is 30.6 Å². The molecule has 1 aliphatic heterocycles. The number of halogens is 1. The number of nitrogens with one attached hydrogen (secondary N) is 4. The zero-order valence-corrected chi connectivity index (χ0v) is 15.6. The van der Waals surface area contributed by atoms with Gasteiger partial charge in [-0.25, -0.2) is 5.43 Å². The van der Waals surface area contributed by atoms with Crippen molar-refractivity contribution in [3.05, 3.63) is 34.9 Å². The Bertz CT molecular complexity index is 616. The predicted molar refractivity (Wildman–Crippen MR) is 101 cm³/mol. The fraction of sp³-hybridized carbons (Fsp3) is 0.579. The fourth-order valence-electron chi connectivity index (χ4n) is 3.70. The van der Waals surface area contributed by atoms with Gasteiger partial charge in [-0.05, 0) is 30.5 Å². The minimum atomic E-state index is -0.224. The maximum Gasteiger partial charge on any atom is 0.226 e. The summed E-state index contributed by atoms with van der Waals surface area (Å²) in [6.07, 6.45) is 6.10. The molecule has 0 spiro atoms. The van der Waals surface area contributed by atoms with E-state index >= 15 is 0 Å². The maximum atomic E-state index is 12.5. The molecule has 1 aliphatic carbocycles. The molecule has 2 fully saturated rings. The molecule has 6 nitrogen and oxygen atoms in total. The van der Waals surface area contributed by atoms with Gasteiger partial charge in [-0.2, -0.15) is 0 Å².